The Balaban J connectivity index is 2.15. The fourth-order valence-electron chi connectivity index (χ4n) is 1.56. The summed E-state index contributed by atoms with van der Waals surface area (Å²) in [6.07, 6.45) is 6.14. The third-order valence-electron chi connectivity index (χ3n) is 2.73. The summed E-state index contributed by atoms with van der Waals surface area (Å²) in [5.41, 5.74) is 0. The molecule has 0 aliphatic carbocycles. The number of rotatable bonds is 8. The third kappa shape index (κ3) is 7.08. The standard InChI is InChI=1S/C14H19NO4/c1-11(4-7-14(17)18)8-9-15-13(16)6-5-12-3-2-10-19-12/h2-3,5-6,10-11H,4,7-9H2,1H3,(H,15,16)(H,17,18). The molecule has 0 radical (unpaired) electrons. The van der Waals surface area contributed by atoms with Crippen molar-refractivity contribution in [2.24, 2.45) is 5.92 Å². The number of hydrogen-bond acceptors (Lipinski definition) is 3. The molecule has 1 amide bonds. The van der Waals surface area contributed by atoms with Gasteiger partial charge in [0.1, 0.15) is 5.76 Å². The first-order valence-electron chi connectivity index (χ1n) is 6.29. The van der Waals surface area contributed by atoms with E-state index in [0.29, 0.717) is 18.7 Å². The Hall–Kier alpha value is -2.04. The van der Waals surface area contributed by atoms with Crippen LogP contribution in [-0.4, -0.2) is 23.5 Å². The van der Waals surface area contributed by atoms with Gasteiger partial charge in [-0.25, -0.2) is 0 Å². The van der Waals surface area contributed by atoms with E-state index < -0.39 is 5.97 Å². The molecule has 0 saturated heterocycles. The second-order valence-corrected chi connectivity index (χ2v) is 4.47. The number of carbonyl (C=O) groups excluding carboxylic acids is 1. The van der Waals surface area contributed by atoms with Gasteiger partial charge in [0.2, 0.25) is 5.91 Å². The van der Waals surface area contributed by atoms with E-state index in [1.807, 2.05) is 6.92 Å². The number of nitrogens with one attached hydrogen (secondary N) is 1. The number of carbonyl (C=O) groups is 2. The lowest BCUT2D eigenvalue weighted by Crippen LogP contribution is -2.23. The summed E-state index contributed by atoms with van der Waals surface area (Å²) in [4.78, 5) is 21.8. The Morgan fingerprint density at radius 2 is 2.26 bits per heavy atom. The van der Waals surface area contributed by atoms with Crippen LogP contribution < -0.4 is 5.32 Å². The number of furan rings is 1. The van der Waals surface area contributed by atoms with Gasteiger partial charge in [-0.1, -0.05) is 6.92 Å². The number of hydrogen-bond donors (Lipinski definition) is 2. The van der Waals surface area contributed by atoms with E-state index in [1.54, 1.807) is 24.5 Å². The number of amides is 1. The highest BCUT2D eigenvalue weighted by molar-refractivity contribution is 5.91. The molecule has 1 heterocycles. The normalized spacial score (nSPS) is 12.5. The summed E-state index contributed by atoms with van der Waals surface area (Å²) in [5.74, 6) is -0.0467. The van der Waals surface area contributed by atoms with Crippen molar-refractivity contribution in [1.82, 2.24) is 5.32 Å². The molecule has 0 bridgehead atoms. The van der Waals surface area contributed by atoms with E-state index in [9.17, 15) is 9.59 Å². The molecule has 1 atom stereocenters. The predicted molar refractivity (Wildman–Crippen MR) is 71.4 cm³/mol. The van der Waals surface area contributed by atoms with E-state index in [-0.39, 0.29) is 18.2 Å². The minimum absolute atomic E-state index is 0.174. The smallest absolute Gasteiger partial charge is 0.303 e. The second-order valence-electron chi connectivity index (χ2n) is 4.47. The SMILES string of the molecule is CC(CCNC(=O)C=Cc1ccco1)CCC(=O)O. The average molecular weight is 265 g/mol. The maximum absolute atomic E-state index is 11.5. The van der Waals surface area contributed by atoms with E-state index in [2.05, 4.69) is 5.32 Å². The highest BCUT2D eigenvalue weighted by Gasteiger charge is 2.05. The van der Waals surface area contributed by atoms with Crippen LogP contribution in [-0.2, 0) is 9.59 Å². The molecule has 104 valence electrons. The summed E-state index contributed by atoms with van der Waals surface area (Å²) < 4.78 is 5.06. The minimum atomic E-state index is -0.780. The van der Waals surface area contributed by atoms with Crippen LogP contribution in [0.2, 0.25) is 0 Å². The van der Waals surface area contributed by atoms with Crippen LogP contribution in [0.5, 0.6) is 0 Å². The summed E-state index contributed by atoms with van der Waals surface area (Å²) in [7, 11) is 0. The lowest BCUT2D eigenvalue weighted by molar-refractivity contribution is -0.137. The van der Waals surface area contributed by atoms with Crippen molar-refractivity contribution in [3.8, 4) is 0 Å². The number of carboxylic acids is 1. The Labute approximate surface area is 112 Å². The molecule has 1 aromatic rings. The Morgan fingerprint density at radius 1 is 1.47 bits per heavy atom. The monoisotopic (exact) mass is 265 g/mol. The zero-order valence-electron chi connectivity index (χ0n) is 11.0. The molecular formula is C14H19NO4. The number of aliphatic carboxylic acids is 1. The van der Waals surface area contributed by atoms with Gasteiger partial charge in [0, 0.05) is 19.0 Å². The molecule has 0 aliphatic rings. The topological polar surface area (TPSA) is 79.5 Å². The van der Waals surface area contributed by atoms with Gasteiger partial charge in [0.25, 0.3) is 0 Å². The van der Waals surface area contributed by atoms with Gasteiger partial charge >= 0.3 is 5.97 Å². The van der Waals surface area contributed by atoms with Crippen LogP contribution in [0.25, 0.3) is 6.08 Å². The molecule has 1 aromatic heterocycles. The molecular weight excluding hydrogens is 246 g/mol. The Bertz CT molecular complexity index is 423. The van der Waals surface area contributed by atoms with Gasteiger partial charge in [-0.2, -0.15) is 0 Å². The van der Waals surface area contributed by atoms with Crippen LogP contribution in [0.15, 0.2) is 28.9 Å². The summed E-state index contributed by atoms with van der Waals surface area (Å²) in [6, 6.07) is 3.51. The molecule has 0 fully saturated rings. The maximum atomic E-state index is 11.5. The molecule has 0 spiro atoms. The van der Waals surface area contributed by atoms with Crippen LogP contribution in [0.3, 0.4) is 0 Å². The second kappa shape index (κ2) is 8.13. The van der Waals surface area contributed by atoms with E-state index in [1.165, 1.54) is 6.08 Å². The molecule has 0 aromatic carbocycles. The van der Waals surface area contributed by atoms with Crippen molar-refractivity contribution in [3.63, 3.8) is 0 Å². The molecule has 0 aliphatic heterocycles. The quantitative estimate of drug-likeness (QED) is 0.707. The van der Waals surface area contributed by atoms with E-state index in [0.717, 1.165) is 6.42 Å². The highest BCUT2D eigenvalue weighted by atomic mass is 16.4. The van der Waals surface area contributed by atoms with E-state index in [4.69, 9.17) is 9.52 Å². The van der Waals surface area contributed by atoms with Crippen molar-refractivity contribution < 1.29 is 19.1 Å². The molecule has 2 N–H and O–H groups in total. The lowest BCUT2D eigenvalue weighted by Gasteiger charge is -2.09. The fourth-order valence-corrected chi connectivity index (χ4v) is 1.56. The van der Waals surface area contributed by atoms with Gasteiger partial charge in [0.15, 0.2) is 0 Å². The lowest BCUT2D eigenvalue weighted by atomic mass is 10.0. The molecule has 1 rings (SSSR count). The zero-order chi connectivity index (χ0) is 14.1. The van der Waals surface area contributed by atoms with Gasteiger partial charge in [0.05, 0.1) is 6.26 Å². The molecule has 5 heteroatoms. The minimum Gasteiger partial charge on any atom is -0.481 e. The summed E-state index contributed by atoms with van der Waals surface area (Å²) in [5, 5.41) is 11.3. The molecule has 1 unspecified atom stereocenters. The van der Waals surface area contributed by atoms with Gasteiger partial charge in [-0.15, -0.1) is 0 Å². The van der Waals surface area contributed by atoms with Crippen LogP contribution in [0.1, 0.15) is 31.9 Å². The van der Waals surface area contributed by atoms with Crippen LogP contribution in [0.4, 0.5) is 0 Å². The molecule has 5 nitrogen and oxygen atoms in total. The van der Waals surface area contributed by atoms with Crippen molar-refractivity contribution >= 4 is 18.0 Å². The van der Waals surface area contributed by atoms with Crippen LogP contribution in [0, 0.1) is 5.92 Å². The Morgan fingerprint density at radius 3 is 2.89 bits per heavy atom. The van der Waals surface area contributed by atoms with Crippen molar-refractivity contribution in [2.75, 3.05) is 6.54 Å². The zero-order valence-corrected chi connectivity index (χ0v) is 11.0. The van der Waals surface area contributed by atoms with E-state index >= 15 is 0 Å². The first-order valence-corrected chi connectivity index (χ1v) is 6.29. The average Bonchev–Trinajstić information content (AvgIpc) is 2.87. The Kier molecular flexibility index (Phi) is 6.43. The summed E-state index contributed by atoms with van der Waals surface area (Å²) in [6.45, 7) is 2.52. The highest BCUT2D eigenvalue weighted by Crippen LogP contribution is 2.09. The van der Waals surface area contributed by atoms with Gasteiger partial charge in [-0.3, -0.25) is 9.59 Å². The van der Waals surface area contributed by atoms with Crippen molar-refractivity contribution in [1.29, 1.82) is 0 Å². The first-order chi connectivity index (χ1) is 9.08. The largest absolute Gasteiger partial charge is 0.481 e. The first kappa shape index (κ1) is 15.0. The third-order valence-corrected chi connectivity index (χ3v) is 2.73. The predicted octanol–water partition coefficient (Wildman–Crippen LogP) is 2.30. The van der Waals surface area contributed by atoms with Gasteiger partial charge < -0.3 is 14.8 Å². The molecule has 19 heavy (non-hydrogen) atoms. The van der Waals surface area contributed by atoms with Crippen LogP contribution >= 0.6 is 0 Å². The van der Waals surface area contributed by atoms with Crippen molar-refractivity contribution in [3.05, 3.63) is 30.2 Å². The van der Waals surface area contributed by atoms with Crippen molar-refractivity contribution in [2.45, 2.75) is 26.2 Å². The molecule has 0 saturated carbocycles. The van der Waals surface area contributed by atoms with Gasteiger partial charge in [-0.05, 0) is 37.0 Å². The fraction of sp³-hybridized carbons (Fsp3) is 0.429. The maximum Gasteiger partial charge on any atom is 0.303 e. The number of carboxylic acid groups (broad SMARTS) is 1. The summed E-state index contributed by atoms with van der Waals surface area (Å²) >= 11 is 0.